The van der Waals surface area contributed by atoms with Gasteiger partial charge in [0.2, 0.25) is 0 Å². The third kappa shape index (κ3) is 2.51. The second-order valence-corrected chi connectivity index (χ2v) is 3.47. The molecule has 1 radical (unpaired) electrons. The average Bonchev–Trinajstić information content (AvgIpc) is 2.35. The van der Waals surface area contributed by atoms with Gasteiger partial charge >= 0.3 is 0 Å². The second-order valence-electron chi connectivity index (χ2n) is 3.47. The van der Waals surface area contributed by atoms with E-state index in [0.717, 1.165) is 5.39 Å². The first-order valence-electron chi connectivity index (χ1n) is 5.16. The molecular formula is C12H12N3O2. The molecule has 0 atom stereocenters. The van der Waals surface area contributed by atoms with Crippen molar-refractivity contribution < 1.29 is 9.53 Å². The molecule has 1 amide bonds. The maximum absolute atomic E-state index is 11.0. The monoisotopic (exact) mass is 230 g/mol. The van der Waals surface area contributed by atoms with E-state index in [1.165, 1.54) is 0 Å². The number of pyridine rings is 1. The molecule has 1 aromatic carbocycles. The highest BCUT2D eigenvalue weighted by Crippen LogP contribution is 2.19. The molecule has 4 N–H and O–H groups in total. The Balaban J connectivity index is 2.36. The molecule has 2 aromatic rings. The lowest BCUT2D eigenvalue weighted by Crippen LogP contribution is -2.12. The van der Waals surface area contributed by atoms with Crippen LogP contribution in [0.3, 0.4) is 0 Å². The molecule has 87 valence electrons. The minimum absolute atomic E-state index is 0.226. The van der Waals surface area contributed by atoms with Gasteiger partial charge in [-0.25, -0.2) is 4.98 Å². The number of hydrogen-bond donors (Lipinski definition) is 2. The lowest BCUT2D eigenvalue weighted by molar-refractivity contribution is 0.0996. The summed E-state index contributed by atoms with van der Waals surface area (Å²) in [6, 6.07) is 9.75. The van der Waals surface area contributed by atoms with Crippen LogP contribution in [-0.4, -0.2) is 24.0 Å². The summed E-state index contributed by atoms with van der Waals surface area (Å²) in [7, 11) is 0. The Morgan fingerprint density at radius 1 is 1.47 bits per heavy atom. The summed E-state index contributed by atoms with van der Waals surface area (Å²) in [5, 5.41) is 0.838. The Bertz CT molecular complexity index is 554. The van der Waals surface area contributed by atoms with Crippen LogP contribution in [0.1, 0.15) is 10.5 Å². The Hall–Kier alpha value is -2.14. The van der Waals surface area contributed by atoms with Crippen molar-refractivity contribution in [2.24, 2.45) is 11.5 Å². The predicted octanol–water partition coefficient (Wildman–Crippen LogP) is 0.471. The molecule has 17 heavy (non-hydrogen) atoms. The number of rotatable bonds is 4. The molecule has 0 spiro atoms. The van der Waals surface area contributed by atoms with E-state index >= 15 is 0 Å². The lowest BCUT2D eigenvalue weighted by atomic mass is 10.2. The van der Waals surface area contributed by atoms with Crippen molar-refractivity contribution in [3.05, 3.63) is 36.0 Å². The van der Waals surface area contributed by atoms with Gasteiger partial charge in [-0.2, -0.15) is 0 Å². The number of amides is 1. The van der Waals surface area contributed by atoms with Gasteiger partial charge in [0.25, 0.3) is 5.91 Å². The van der Waals surface area contributed by atoms with Crippen molar-refractivity contribution in [3.63, 3.8) is 0 Å². The van der Waals surface area contributed by atoms with Gasteiger partial charge in [-0.15, -0.1) is 0 Å². The molecule has 2 rings (SSSR count). The Kier molecular flexibility index (Phi) is 3.20. The predicted molar refractivity (Wildman–Crippen MR) is 63.6 cm³/mol. The zero-order valence-corrected chi connectivity index (χ0v) is 9.14. The van der Waals surface area contributed by atoms with Crippen molar-refractivity contribution in [2.75, 3.05) is 13.2 Å². The van der Waals surface area contributed by atoms with Crippen LogP contribution >= 0.6 is 0 Å². The summed E-state index contributed by atoms with van der Waals surface area (Å²) in [4.78, 5) is 15.0. The van der Waals surface area contributed by atoms with Crippen molar-refractivity contribution in [1.82, 2.24) is 4.98 Å². The van der Waals surface area contributed by atoms with Crippen LogP contribution in [0.15, 0.2) is 24.3 Å². The minimum atomic E-state index is -0.552. The zero-order valence-electron chi connectivity index (χ0n) is 9.14. The highest BCUT2D eigenvalue weighted by Gasteiger charge is 2.04. The maximum atomic E-state index is 11.0. The first-order valence-corrected chi connectivity index (χ1v) is 5.16. The SMILES string of the molecule is NCCOc1c[c]c2nc(C(N)=O)ccc2c1. The number of carbonyl (C=O) groups excluding carboxylic acids is 1. The van der Waals surface area contributed by atoms with Crippen LogP contribution < -0.4 is 16.2 Å². The second kappa shape index (κ2) is 4.80. The average molecular weight is 230 g/mol. The van der Waals surface area contributed by atoms with E-state index < -0.39 is 5.91 Å². The van der Waals surface area contributed by atoms with Gasteiger partial charge in [0.1, 0.15) is 18.1 Å². The highest BCUT2D eigenvalue weighted by molar-refractivity contribution is 5.93. The number of hydrogen-bond acceptors (Lipinski definition) is 4. The van der Waals surface area contributed by atoms with E-state index in [1.807, 2.05) is 6.07 Å². The molecule has 0 unspecified atom stereocenters. The smallest absolute Gasteiger partial charge is 0.267 e. The van der Waals surface area contributed by atoms with E-state index in [2.05, 4.69) is 11.1 Å². The number of fused-ring (bicyclic) bond motifs is 1. The van der Waals surface area contributed by atoms with E-state index in [9.17, 15) is 4.79 Å². The van der Waals surface area contributed by atoms with Gasteiger partial charge in [0.15, 0.2) is 0 Å². The van der Waals surface area contributed by atoms with Crippen LogP contribution in [0.25, 0.3) is 10.9 Å². The summed E-state index contributed by atoms with van der Waals surface area (Å²) in [6.07, 6.45) is 0. The maximum Gasteiger partial charge on any atom is 0.267 e. The first kappa shape index (κ1) is 11.3. The number of aromatic nitrogens is 1. The van der Waals surface area contributed by atoms with Crippen molar-refractivity contribution in [3.8, 4) is 5.75 Å². The Labute approximate surface area is 98.4 Å². The molecule has 0 saturated carbocycles. The fourth-order valence-corrected chi connectivity index (χ4v) is 1.43. The van der Waals surface area contributed by atoms with Gasteiger partial charge in [-0.05, 0) is 18.2 Å². The lowest BCUT2D eigenvalue weighted by Gasteiger charge is -2.05. The largest absolute Gasteiger partial charge is 0.492 e. The number of nitrogens with two attached hydrogens (primary N) is 2. The fraction of sp³-hybridized carbons (Fsp3) is 0.167. The summed E-state index contributed by atoms with van der Waals surface area (Å²) in [5.74, 6) is 0.125. The standard InChI is InChI=1S/C12H12N3O2/c13-5-6-17-9-2-4-10-8(7-9)1-3-11(15-10)12(14)16/h1-3,7H,5-6,13H2,(H2,14,16). The normalized spacial score (nSPS) is 10.4. The number of ether oxygens (including phenoxy) is 1. The molecule has 1 heterocycles. The first-order chi connectivity index (χ1) is 8.20. The number of benzene rings is 1. The van der Waals surface area contributed by atoms with Crippen LogP contribution in [0.4, 0.5) is 0 Å². The van der Waals surface area contributed by atoms with Crippen molar-refractivity contribution in [2.45, 2.75) is 0 Å². The number of nitrogens with zero attached hydrogens (tertiary/aromatic N) is 1. The van der Waals surface area contributed by atoms with Crippen LogP contribution in [0.2, 0.25) is 0 Å². The van der Waals surface area contributed by atoms with Crippen molar-refractivity contribution in [1.29, 1.82) is 0 Å². The summed E-state index contributed by atoms with van der Waals surface area (Å²) >= 11 is 0. The molecule has 1 aromatic heterocycles. The zero-order chi connectivity index (χ0) is 12.3. The summed E-state index contributed by atoms with van der Waals surface area (Å²) in [6.45, 7) is 0.906. The van der Waals surface area contributed by atoms with Gasteiger partial charge < -0.3 is 16.2 Å². The number of primary amides is 1. The molecular weight excluding hydrogens is 218 g/mol. The van der Waals surface area contributed by atoms with E-state index in [4.69, 9.17) is 16.2 Å². The quantitative estimate of drug-likeness (QED) is 0.798. The summed E-state index contributed by atoms with van der Waals surface area (Å²) in [5.41, 5.74) is 11.3. The van der Waals surface area contributed by atoms with Crippen LogP contribution in [-0.2, 0) is 0 Å². The van der Waals surface area contributed by atoms with E-state index in [0.29, 0.717) is 24.4 Å². The molecule has 0 saturated heterocycles. The topological polar surface area (TPSA) is 91.2 Å². The van der Waals surface area contributed by atoms with E-state index in [1.54, 1.807) is 18.2 Å². The number of carbonyl (C=O) groups is 1. The minimum Gasteiger partial charge on any atom is -0.492 e. The van der Waals surface area contributed by atoms with Gasteiger partial charge in [0.05, 0.1) is 5.52 Å². The highest BCUT2D eigenvalue weighted by atomic mass is 16.5. The molecule has 0 bridgehead atoms. The third-order valence-corrected chi connectivity index (χ3v) is 2.21. The fourth-order valence-electron chi connectivity index (χ4n) is 1.43. The van der Waals surface area contributed by atoms with Crippen LogP contribution in [0.5, 0.6) is 5.75 Å². The van der Waals surface area contributed by atoms with E-state index in [-0.39, 0.29) is 5.69 Å². The van der Waals surface area contributed by atoms with Gasteiger partial charge in [0, 0.05) is 18.0 Å². The van der Waals surface area contributed by atoms with Crippen molar-refractivity contribution >= 4 is 16.8 Å². The van der Waals surface area contributed by atoms with Crippen LogP contribution in [0, 0.1) is 6.07 Å². The Morgan fingerprint density at radius 2 is 2.29 bits per heavy atom. The molecule has 5 nitrogen and oxygen atoms in total. The van der Waals surface area contributed by atoms with Gasteiger partial charge in [-0.1, -0.05) is 6.07 Å². The molecule has 0 aliphatic rings. The Morgan fingerprint density at radius 3 is 3.00 bits per heavy atom. The summed E-state index contributed by atoms with van der Waals surface area (Å²) < 4.78 is 5.37. The van der Waals surface area contributed by atoms with Gasteiger partial charge in [-0.3, -0.25) is 4.79 Å². The molecule has 0 fully saturated rings. The molecule has 0 aliphatic heterocycles. The third-order valence-electron chi connectivity index (χ3n) is 2.21. The molecule has 5 heteroatoms. The molecule has 0 aliphatic carbocycles.